The summed E-state index contributed by atoms with van der Waals surface area (Å²) in [6.07, 6.45) is -6.80. The highest BCUT2D eigenvalue weighted by molar-refractivity contribution is 5.78. The van der Waals surface area contributed by atoms with Gasteiger partial charge in [-0.15, -0.1) is 0 Å². The molecule has 3 nitrogen and oxygen atoms in total. The van der Waals surface area contributed by atoms with E-state index in [2.05, 4.69) is 4.90 Å². The number of carbonyl (C=O) groups is 1. The molecule has 226 valence electrons. The number of carboxylic acid groups (broad SMARTS) is 1. The van der Waals surface area contributed by atoms with Crippen LogP contribution in [-0.4, -0.2) is 29.1 Å². The average Bonchev–Trinajstić information content (AvgIpc) is 2.94. The Labute approximate surface area is 242 Å². The third-order valence-corrected chi connectivity index (χ3v) is 8.12. The van der Waals surface area contributed by atoms with Crippen LogP contribution in [0, 0.1) is 5.92 Å². The molecule has 1 heterocycles. The molecule has 1 fully saturated rings. The van der Waals surface area contributed by atoms with Gasteiger partial charge in [-0.05, 0) is 96.6 Å². The van der Waals surface area contributed by atoms with Gasteiger partial charge in [-0.25, -0.2) is 0 Å². The number of halogens is 6. The van der Waals surface area contributed by atoms with Gasteiger partial charge in [-0.1, -0.05) is 56.3 Å². The van der Waals surface area contributed by atoms with Crippen molar-refractivity contribution in [3.63, 3.8) is 0 Å². The number of benzene rings is 3. The molecule has 9 heteroatoms. The second-order valence-electron chi connectivity index (χ2n) is 11.6. The van der Waals surface area contributed by atoms with E-state index in [1.165, 1.54) is 24.3 Å². The quantitative estimate of drug-likeness (QED) is 0.265. The fraction of sp³-hybridized carbons (Fsp3) is 0.424. The highest BCUT2D eigenvalue weighted by Crippen LogP contribution is 2.38. The van der Waals surface area contributed by atoms with Crippen LogP contribution in [0.25, 0.3) is 11.1 Å². The molecule has 42 heavy (non-hydrogen) atoms. The van der Waals surface area contributed by atoms with E-state index in [4.69, 9.17) is 0 Å². The zero-order valence-electron chi connectivity index (χ0n) is 23.8. The Balaban J connectivity index is 1.68. The van der Waals surface area contributed by atoms with Crippen LogP contribution in [0.1, 0.15) is 85.7 Å². The number of hydrogen-bond donors (Lipinski definition) is 1. The fourth-order valence-electron chi connectivity index (χ4n) is 5.77. The summed E-state index contributed by atoms with van der Waals surface area (Å²) in [6.45, 7) is 7.21. The fourth-order valence-corrected chi connectivity index (χ4v) is 5.77. The van der Waals surface area contributed by atoms with Gasteiger partial charge in [0.15, 0.2) is 0 Å². The molecule has 4 rings (SSSR count). The number of rotatable bonds is 8. The summed E-state index contributed by atoms with van der Waals surface area (Å²) in [5, 5.41) is 10.1. The zero-order valence-corrected chi connectivity index (χ0v) is 23.8. The smallest absolute Gasteiger partial charge is 0.416 e. The third-order valence-electron chi connectivity index (χ3n) is 8.12. The van der Waals surface area contributed by atoms with Crippen LogP contribution in [0.15, 0.2) is 66.7 Å². The maximum absolute atomic E-state index is 13.2. The standard InChI is InChI=1S/C33H35F6NO2/c1-20(2)15-30(31(41)42)27-17-25(23-8-12-29(13-9-23)33(37,38)39)16-26(18-27)24-5-4-14-40(19-24)21(3)22-6-10-28(11-7-22)32(34,35)36/h6-13,16-18,20-21,24,30H,4-5,14-15,19H2,1-3H3,(H,41,42)/t21?,24?,30-/m1/s1. The SMILES string of the molecule is CC(C)C[C@@H](C(=O)O)c1cc(-c2ccc(C(F)(F)F)cc2)cc(C2CCCN(C(C)c3ccc(C(F)(F)F)cc3)C2)c1. The molecule has 1 saturated heterocycles. The summed E-state index contributed by atoms with van der Waals surface area (Å²) >= 11 is 0. The van der Waals surface area contributed by atoms with Crippen LogP contribution in [-0.2, 0) is 17.1 Å². The molecular formula is C33H35F6NO2. The zero-order chi connectivity index (χ0) is 30.8. The molecule has 0 aromatic heterocycles. The average molecular weight is 592 g/mol. The second-order valence-corrected chi connectivity index (χ2v) is 11.6. The van der Waals surface area contributed by atoms with E-state index in [1.807, 2.05) is 32.9 Å². The molecule has 0 bridgehead atoms. The molecule has 1 N–H and O–H groups in total. The minimum atomic E-state index is -4.47. The molecule has 0 saturated carbocycles. The lowest BCUT2D eigenvalue weighted by atomic mass is 9.82. The molecule has 0 radical (unpaired) electrons. The van der Waals surface area contributed by atoms with Gasteiger partial charge in [0.2, 0.25) is 0 Å². The molecule has 3 atom stereocenters. The molecule has 1 aliphatic heterocycles. The van der Waals surface area contributed by atoms with Crippen molar-refractivity contribution in [1.82, 2.24) is 4.90 Å². The Kier molecular flexibility index (Phi) is 9.40. The Bertz CT molecular complexity index is 1360. The maximum Gasteiger partial charge on any atom is 0.416 e. The van der Waals surface area contributed by atoms with Gasteiger partial charge in [0.05, 0.1) is 17.0 Å². The van der Waals surface area contributed by atoms with E-state index in [9.17, 15) is 36.2 Å². The lowest BCUT2D eigenvalue weighted by Crippen LogP contribution is -2.36. The highest BCUT2D eigenvalue weighted by atomic mass is 19.4. The minimum Gasteiger partial charge on any atom is -0.481 e. The Morgan fingerprint density at radius 3 is 1.93 bits per heavy atom. The molecule has 3 aromatic carbocycles. The van der Waals surface area contributed by atoms with Crippen molar-refractivity contribution in [2.75, 3.05) is 13.1 Å². The number of piperidine rings is 1. The minimum absolute atomic E-state index is 0.0114. The topological polar surface area (TPSA) is 40.5 Å². The van der Waals surface area contributed by atoms with E-state index in [0.29, 0.717) is 29.7 Å². The highest BCUT2D eigenvalue weighted by Gasteiger charge is 2.32. The Hall–Kier alpha value is -3.33. The summed E-state index contributed by atoms with van der Waals surface area (Å²) in [4.78, 5) is 14.5. The number of likely N-dealkylation sites (tertiary alicyclic amines) is 1. The van der Waals surface area contributed by atoms with E-state index >= 15 is 0 Å². The van der Waals surface area contributed by atoms with Crippen molar-refractivity contribution < 1.29 is 36.2 Å². The van der Waals surface area contributed by atoms with Gasteiger partial charge < -0.3 is 5.11 Å². The summed E-state index contributed by atoms with van der Waals surface area (Å²) in [5.41, 5.74) is 2.04. The summed E-state index contributed by atoms with van der Waals surface area (Å²) in [7, 11) is 0. The predicted molar refractivity (Wildman–Crippen MR) is 150 cm³/mol. The normalized spacial score (nSPS) is 18.2. The van der Waals surface area contributed by atoms with Crippen LogP contribution in [0.5, 0.6) is 0 Å². The molecule has 0 aliphatic carbocycles. The lowest BCUT2D eigenvalue weighted by molar-refractivity contribution is -0.139. The summed E-state index contributed by atoms with van der Waals surface area (Å²) in [5.74, 6) is -1.61. The number of aliphatic carboxylic acids is 1. The lowest BCUT2D eigenvalue weighted by Gasteiger charge is -2.37. The first-order valence-electron chi connectivity index (χ1n) is 14.1. The number of hydrogen-bond acceptors (Lipinski definition) is 2. The molecule has 0 amide bonds. The van der Waals surface area contributed by atoms with Gasteiger partial charge in [-0.2, -0.15) is 26.3 Å². The molecule has 0 spiro atoms. The first kappa shape index (κ1) is 31.6. The molecule has 3 aromatic rings. The van der Waals surface area contributed by atoms with Crippen molar-refractivity contribution in [3.05, 3.63) is 94.5 Å². The van der Waals surface area contributed by atoms with Crippen LogP contribution in [0.3, 0.4) is 0 Å². The first-order valence-corrected chi connectivity index (χ1v) is 14.1. The van der Waals surface area contributed by atoms with Gasteiger partial charge in [-0.3, -0.25) is 9.69 Å². The van der Waals surface area contributed by atoms with Crippen LogP contribution in [0.2, 0.25) is 0 Å². The number of carboxylic acids is 1. The van der Waals surface area contributed by atoms with Crippen LogP contribution >= 0.6 is 0 Å². The molecule has 2 unspecified atom stereocenters. The first-order chi connectivity index (χ1) is 19.6. The number of alkyl halides is 6. The largest absolute Gasteiger partial charge is 0.481 e. The van der Waals surface area contributed by atoms with E-state index < -0.39 is 35.4 Å². The van der Waals surface area contributed by atoms with E-state index in [0.717, 1.165) is 54.8 Å². The van der Waals surface area contributed by atoms with Crippen molar-refractivity contribution in [3.8, 4) is 11.1 Å². The van der Waals surface area contributed by atoms with Gasteiger partial charge in [0, 0.05) is 12.6 Å². The van der Waals surface area contributed by atoms with Crippen molar-refractivity contribution in [1.29, 1.82) is 0 Å². The third kappa shape index (κ3) is 7.54. The molecule has 1 aliphatic rings. The van der Waals surface area contributed by atoms with Crippen LogP contribution < -0.4 is 0 Å². The predicted octanol–water partition coefficient (Wildman–Crippen LogP) is 9.55. The van der Waals surface area contributed by atoms with Gasteiger partial charge in [0.25, 0.3) is 0 Å². The monoisotopic (exact) mass is 591 g/mol. The van der Waals surface area contributed by atoms with Crippen molar-refractivity contribution in [2.24, 2.45) is 5.92 Å². The second kappa shape index (κ2) is 12.5. The summed E-state index contributed by atoms with van der Waals surface area (Å²) in [6, 6.07) is 15.5. The molecular weight excluding hydrogens is 556 g/mol. The van der Waals surface area contributed by atoms with Crippen LogP contribution in [0.4, 0.5) is 26.3 Å². The Morgan fingerprint density at radius 1 is 0.833 bits per heavy atom. The summed E-state index contributed by atoms with van der Waals surface area (Å²) < 4.78 is 78.7. The Morgan fingerprint density at radius 2 is 1.40 bits per heavy atom. The van der Waals surface area contributed by atoms with Crippen molar-refractivity contribution in [2.45, 2.75) is 70.3 Å². The van der Waals surface area contributed by atoms with E-state index in [-0.39, 0.29) is 17.9 Å². The maximum atomic E-state index is 13.2. The van der Waals surface area contributed by atoms with Gasteiger partial charge >= 0.3 is 18.3 Å². The number of nitrogens with zero attached hydrogens (tertiary/aromatic N) is 1. The van der Waals surface area contributed by atoms with E-state index in [1.54, 1.807) is 6.07 Å². The van der Waals surface area contributed by atoms with Crippen molar-refractivity contribution >= 4 is 5.97 Å². The van der Waals surface area contributed by atoms with Gasteiger partial charge in [0.1, 0.15) is 0 Å².